The van der Waals surface area contributed by atoms with Crippen molar-refractivity contribution in [3.8, 4) is 0 Å². The van der Waals surface area contributed by atoms with Gasteiger partial charge >= 0.3 is 0 Å². The van der Waals surface area contributed by atoms with Gasteiger partial charge in [0, 0.05) is 45.8 Å². The van der Waals surface area contributed by atoms with E-state index in [-0.39, 0.29) is 30.9 Å². The van der Waals surface area contributed by atoms with E-state index in [4.69, 9.17) is 4.74 Å². The average Bonchev–Trinajstić information content (AvgIpc) is 3.30. The largest absolute Gasteiger partial charge is 0.368 e. The average molecular weight is 466 g/mol. The van der Waals surface area contributed by atoms with Crippen molar-refractivity contribution in [2.45, 2.75) is 64.9 Å². The van der Waals surface area contributed by atoms with Crippen molar-refractivity contribution in [2.24, 2.45) is 0 Å². The molecule has 178 valence electrons. The molecular weight excluding hydrogens is 430 g/mol. The van der Waals surface area contributed by atoms with E-state index in [1.54, 1.807) is 9.80 Å². The molecule has 1 N–H and O–H groups in total. The molecule has 9 heteroatoms. The van der Waals surface area contributed by atoms with Gasteiger partial charge in [-0.3, -0.25) is 9.59 Å². The van der Waals surface area contributed by atoms with Crippen LogP contribution < -0.4 is 4.72 Å². The molecule has 0 bridgehead atoms. The molecule has 1 aromatic carbocycles. The van der Waals surface area contributed by atoms with Crippen LogP contribution in [0.2, 0.25) is 0 Å². The number of ether oxygens (including phenoxy) is 1. The molecule has 0 radical (unpaired) electrons. The number of piperazine rings is 1. The normalized spacial score (nSPS) is 19.5. The number of carbonyl (C=O) groups is 2. The van der Waals surface area contributed by atoms with Gasteiger partial charge in [-0.15, -0.1) is 0 Å². The smallest absolute Gasteiger partial charge is 0.251 e. The van der Waals surface area contributed by atoms with E-state index in [9.17, 15) is 18.0 Å². The maximum atomic E-state index is 13.0. The van der Waals surface area contributed by atoms with Gasteiger partial charge in [0.25, 0.3) is 5.91 Å². The topological polar surface area (TPSA) is 96.0 Å². The zero-order valence-electron chi connectivity index (χ0n) is 19.8. The monoisotopic (exact) mass is 465 g/mol. The second kappa shape index (κ2) is 9.89. The lowest BCUT2D eigenvalue weighted by molar-refractivity contribution is -0.145. The van der Waals surface area contributed by atoms with Gasteiger partial charge in [0.1, 0.15) is 6.10 Å². The summed E-state index contributed by atoms with van der Waals surface area (Å²) < 4.78 is 34.1. The first kappa shape index (κ1) is 24.7. The van der Waals surface area contributed by atoms with Crippen molar-refractivity contribution in [3.05, 3.63) is 27.8 Å². The lowest BCUT2D eigenvalue weighted by Crippen LogP contribution is -2.53. The van der Waals surface area contributed by atoms with Gasteiger partial charge in [0.05, 0.1) is 4.90 Å². The minimum absolute atomic E-state index is 0.0109. The first-order valence-electron chi connectivity index (χ1n) is 11.3. The fourth-order valence-corrected chi connectivity index (χ4v) is 6.17. The molecule has 0 aromatic heterocycles. The van der Waals surface area contributed by atoms with E-state index >= 15 is 0 Å². The van der Waals surface area contributed by atoms with Gasteiger partial charge < -0.3 is 14.5 Å². The second-order valence-corrected chi connectivity index (χ2v) is 10.5. The minimum atomic E-state index is -3.73. The van der Waals surface area contributed by atoms with Gasteiger partial charge in [-0.1, -0.05) is 0 Å². The highest BCUT2D eigenvalue weighted by Crippen LogP contribution is 2.29. The highest BCUT2D eigenvalue weighted by molar-refractivity contribution is 7.89. The molecule has 2 aliphatic rings. The van der Waals surface area contributed by atoms with Crippen LogP contribution in [-0.4, -0.2) is 75.5 Å². The van der Waals surface area contributed by atoms with Crippen LogP contribution in [0.3, 0.4) is 0 Å². The van der Waals surface area contributed by atoms with Crippen LogP contribution in [0, 0.1) is 34.6 Å². The molecule has 1 unspecified atom stereocenters. The third kappa shape index (κ3) is 5.00. The van der Waals surface area contributed by atoms with Crippen molar-refractivity contribution in [1.82, 2.24) is 14.5 Å². The van der Waals surface area contributed by atoms with Crippen LogP contribution in [0.4, 0.5) is 0 Å². The quantitative estimate of drug-likeness (QED) is 0.691. The van der Waals surface area contributed by atoms with E-state index in [0.717, 1.165) is 40.7 Å². The Morgan fingerprint density at radius 2 is 1.44 bits per heavy atom. The molecule has 3 rings (SSSR count). The number of hydrogen-bond donors (Lipinski definition) is 1. The zero-order chi connectivity index (χ0) is 23.6. The van der Waals surface area contributed by atoms with Crippen LogP contribution >= 0.6 is 0 Å². The maximum Gasteiger partial charge on any atom is 0.251 e. The number of sulfonamides is 1. The molecule has 0 saturated carbocycles. The molecule has 32 heavy (non-hydrogen) atoms. The molecule has 2 fully saturated rings. The van der Waals surface area contributed by atoms with Crippen LogP contribution in [0.1, 0.15) is 47.1 Å². The standard InChI is InChI=1S/C23H35N3O5S/c1-15-16(2)18(4)22(19(5)17(15)3)32(29,30)24-9-8-21(27)25-10-12-26(13-11-25)23(28)20-7-6-14-31-20/h20,24H,6-14H2,1-5H3. The lowest BCUT2D eigenvalue weighted by atomic mass is 9.95. The molecule has 0 spiro atoms. The molecule has 0 aliphatic carbocycles. The summed E-state index contributed by atoms with van der Waals surface area (Å²) in [5.41, 5.74) is 4.54. The zero-order valence-corrected chi connectivity index (χ0v) is 20.6. The van der Waals surface area contributed by atoms with E-state index < -0.39 is 10.0 Å². The number of hydrogen-bond acceptors (Lipinski definition) is 5. The summed E-state index contributed by atoms with van der Waals surface area (Å²) >= 11 is 0. The SMILES string of the molecule is Cc1c(C)c(C)c(S(=O)(=O)NCCC(=O)N2CCN(C(=O)C3CCCO3)CC2)c(C)c1C. The number of nitrogens with zero attached hydrogens (tertiary/aromatic N) is 2. The number of nitrogens with one attached hydrogen (secondary N) is 1. The summed E-state index contributed by atoms with van der Waals surface area (Å²) in [4.78, 5) is 28.8. The fraction of sp³-hybridized carbons (Fsp3) is 0.652. The highest BCUT2D eigenvalue weighted by atomic mass is 32.2. The van der Waals surface area contributed by atoms with Gasteiger partial charge in [-0.2, -0.15) is 0 Å². The van der Waals surface area contributed by atoms with Crippen LogP contribution in [0.25, 0.3) is 0 Å². The molecule has 2 amide bonds. The maximum absolute atomic E-state index is 13.0. The summed E-state index contributed by atoms with van der Waals surface area (Å²) in [7, 11) is -3.73. The first-order chi connectivity index (χ1) is 15.0. The molecule has 2 heterocycles. The van der Waals surface area contributed by atoms with Crippen molar-refractivity contribution < 1.29 is 22.7 Å². The number of benzene rings is 1. The van der Waals surface area contributed by atoms with Gasteiger partial charge in [-0.05, 0) is 75.3 Å². The molecule has 2 aliphatic heterocycles. The molecular formula is C23H35N3O5S. The van der Waals surface area contributed by atoms with Crippen LogP contribution in [0.5, 0.6) is 0 Å². The molecule has 1 aromatic rings. The van der Waals surface area contributed by atoms with E-state index in [0.29, 0.717) is 37.7 Å². The summed E-state index contributed by atoms with van der Waals surface area (Å²) in [6.07, 6.45) is 1.41. The number of rotatable bonds is 6. The van der Waals surface area contributed by atoms with Gasteiger partial charge in [0.2, 0.25) is 15.9 Å². The predicted molar refractivity (Wildman–Crippen MR) is 122 cm³/mol. The van der Waals surface area contributed by atoms with Crippen molar-refractivity contribution >= 4 is 21.8 Å². The Hall–Kier alpha value is -1.97. The Bertz CT molecular complexity index is 962. The number of carbonyl (C=O) groups excluding carboxylic acids is 2. The Kier molecular flexibility index (Phi) is 7.62. The summed E-state index contributed by atoms with van der Waals surface area (Å²) in [5, 5.41) is 0. The number of amides is 2. The Labute approximate surface area is 191 Å². The Morgan fingerprint density at radius 3 is 1.97 bits per heavy atom. The van der Waals surface area contributed by atoms with E-state index in [2.05, 4.69) is 4.72 Å². The summed E-state index contributed by atoms with van der Waals surface area (Å²) in [6.45, 7) is 12.1. The summed E-state index contributed by atoms with van der Waals surface area (Å²) in [6, 6.07) is 0. The van der Waals surface area contributed by atoms with Crippen molar-refractivity contribution in [3.63, 3.8) is 0 Å². The van der Waals surface area contributed by atoms with Gasteiger partial charge in [-0.25, -0.2) is 13.1 Å². The minimum Gasteiger partial charge on any atom is -0.368 e. The van der Waals surface area contributed by atoms with Gasteiger partial charge in [0.15, 0.2) is 0 Å². The third-order valence-corrected chi connectivity index (χ3v) is 8.71. The van der Waals surface area contributed by atoms with Crippen molar-refractivity contribution in [1.29, 1.82) is 0 Å². The molecule has 2 saturated heterocycles. The highest BCUT2D eigenvalue weighted by Gasteiger charge is 2.31. The summed E-state index contributed by atoms with van der Waals surface area (Å²) in [5.74, 6) is -0.0987. The van der Waals surface area contributed by atoms with Crippen molar-refractivity contribution in [2.75, 3.05) is 39.3 Å². The third-order valence-electron chi connectivity index (χ3n) is 6.98. The van der Waals surface area contributed by atoms with Crippen LogP contribution in [0.15, 0.2) is 4.90 Å². The Morgan fingerprint density at radius 1 is 0.906 bits per heavy atom. The van der Waals surface area contributed by atoms with E-state index in [1.165, 1.54) is 0 Å². The van der Waals surface area contributed by atoms with Crippen LogP contribution in [-0.2, 0) is 24.3 Å². The Balaban J connectivity index is 1.53. The second-order valence-electron chi connectivity index (χ2n) is 8.81. The lowest BCUT2D eigenvalue weighted by Gasteiger charge is -2.35. The van der Waals surface area contributed by atoms with E-state index in [1.807, 2.05) is 34.6 Å². The molecule has 8 nitrogen and oxygen atoms in total. The molecule has 1 atom stereocenters. The fourth-order valence-electron chi connectivity index (χ4n) is 4.54. The first-order valence-corrected chi connectivity index (χ1v) is 12.8. The predicted octanol–water partition coefficient (Wildman–Crippen LogP) is 1.75.